The molecule has 0 bridgehead atoms. The van der Waals surface area contributed by atoms with Gasteiger partial charge in [-0.05, 0) is 32.3 Å². The lowest BCUT2D eigenvalue weighted by molar-refractivity contribution is -0.116. The van der Waals surface area contributed by atoms with Crippen LogP contribution in [0.2, 0.25) is 0 Å². The summed E-state index contributed by atoms with van der Waals surface area (Å²) in [5.41, 5.74) is 0. The van der Waals surface area contributed by atoms with Crippen molar-refractivity contribution in [2.75, 3.05) is 46.2 Å². The molecule has 0 aliphatic rings. The van der Waals surface area contributed by atoms with E-state index in [1.165, 1.54) is 6.08 Å². The molecule has 0 aromatic rings. The summed E-state index contributed by atoms with van der Waals surface area (Å²) in [6.07, 6.45) is 4.30. The Balaban J connectivity index is 2.99. The zero-order valence-electron chi connectivity index (χ0n) is 12.0. The van der Waals surface area contributed by atoms with Crippen LogP contribution in [0.4, 0.5) is 0 Å². The van der Waals surface area contributed by atoms with Gasteiger partial charge in [-0.25, -0.2) is 0 Å². The van der Waals surface area contributed by atoms with Crippen molar-refractivity contribution >= 4 is 5.91 Å². The second-order valence-electron chi connectivity index (χ2n) is 3.98. The lowest BCUT2D eigenvalue weighted by Crippen LogP contribution is -2.21. The van der Waals surface area contributed by atoms with Crippen LogP contribution < -0.4 is 5.32 Å². The Bertz CT molecular complexity index is 221. The van der Waals surface area contributed by atoms with E-state index in [0.717, 1.165) is 32.5 Å². The van der Waals surface area contributed by atoms with E-state index in [9.17, 15) is 4.79 Å². The van der Waals surface area contributed by atoms with Crippen LogP contribution in [0.3, 0.4) is 0 Å². The second kappa shape index (κ2) is 15.1. The molecule has 0 unspecified atom stereocenters. The highest BCUT2D eigenvalue weighted by molar-refractivity contribution is 5.86. The average molecular weight is 273 g/mol. The number of rotatable bonds is 14. The highest BCUT2D eigenvalue weighted by atomic mass is 16.5. The number of amides is 1. The fraction of sp³-hybridized carbons (Fsp3) is 0.786. The fourth-order valence-electron chi connectivity index (χ4n) is 1.37. The molecule has 0 saturated carbocycles. The van der Waals surface area contributed by atoms with E-state index in [4.69, 9.17) is 14.2 Å². The fourth-order valence-corrected chi connectivity index (χ4v) is 1.37. The van der Waals surface area contributed by atoms with Gasteiger partial charge in [0.15, 0.2) is 0 Å². The van der Waals surface area contributed by atoms with Gasteiger partial charge >= 0.3 is 0 Å². The molecular weight excluding hydrogens is 246 g/mol. The van der Waals surface area contributed by atoms with Crippen LogP contribution >= 0.6 is 0 Å². The predicted molar refractivity (Wildman–Crippen MR) is 75.2 cm³/mol. The number of hydrogen-bond donors (Lipinski definition) is 1. The number of hydrogen-bond acceptors (Lipinski definition) is 4. The lowest BCUT2D eigenvalue weighted by Gasteiger charge is -2.06. The number of carbonyl (C=O) groups excluding carboxylic acids is 1. The van der Waals surface area contributed by atoms with Crippen molar-refractivity contribution in [2.45, 2.75) is 26.2 Å². The smallest absolute Gasteiger partial charge is 0.243 e. The van der Waals surface area contributed by atoms with Crippen LogP contribution in [-0.2, 0) is 19.0 Å². The molecule has 0 heterocycles. The summed E-state index contributed by atoms with van der Waals surface area (Å²) in [6, 6.07) is 0. The number of nitrogens with one attached hydrogen (secondary N) is 1. The molecule has 0 fully saturated rings. The highest BCUT2D eigenvalue weighted by Gasteiger charge is 1.94. The number of ether oxygens (including phenoxy) is 3. The SMILES string of the molecule is C=CC(=O)NCCCCCOCCOCCOCC. The molecule has 112 valence electrons. The first-order valence-corrected chi connectivity index (χ1v) is 6.94. The van der Waals surface area contributed by atoms with E-state index in [1.807, 2.05) is 6.92 Å². The lowest BCUT2D eigenvalue weighted by atomic mass is 10.2. The largest absolute Gasteiger partial charge is 0.379 e. The Labute approximate surface area is 116 Å². The van der Waals surface area contributed by atoms with Crippen LogP contribution in [0, 0.1) is 0 Å². The number of unbranched alkanes of at least 4 members (excludes halogenated alkanes) is 2. The van der Waals surface area contributed by atoms with Crippen LogP contribution in [0.5, 0.6) is 0 Å². The summed E-state index contributed by atoms with van der Waals surface area (Å²) in [4.78, 5) is 10.8. The monoisotopic (exact) mass is 273 g/mol. The molecule has 0 radical (unpaired) electrons. The Morgan fingerprint density at radius 2 is 1.63 bits per heavy atom. The van der Waals surface area contributed by atoms with Gasteiger partial charge in [-0.2, -0.15) is 0 Å². The van der Waals surface area contributed by atoms with E-state index < -0.39 is 0 Å². The Kier molecular flexibility index (Phi) is 14.4. The molecule has 1 amide bonds. The van der Waals surface area contributed by atoms with Gasteiger partial charge in [0.2, 0.25) is 5.91 Å². The van der Waals surface area contributed by atoms with Crippen LogP contribution in [-0.4, -0.2) is 52.1 Å². The Hall–Kier alpha value is -0.910. The van der Waals surface area contributed by atoms with Crippen molar-refractivity contribution < 1.29 is 19.0 Å². The minimum absolute atomic E-state index is 0.111. The second-order valence-corrected chi connectivity index (χ2v) is 3.98. The standard InChI is InChI=1S/C14H27NO4/c1-3-14(16)15-8-6-5-7-9-18-12-13-19-11-10-17-4-2/h3H,1,4-13H2,2H3,(H,15,16). The molecule has 0 aliphatic heterocycles. The minimum Gasteiger partial charge on any atom is -0.379 e. The van der Waals surface area contributed by atoms with Crippen molar-refractivity contribution in [3.63, 3.8) is 0 Å². The topological polar surface area (TPSA) is 56.8 Å². The van der Waals surface area contributed by atoms with Gasteiger partial charge in [0.1, 0.15) is 0 Å². The molecule has 19 heavy (non-hydrogen) atoms. The summed E-state index contributed by atoms with van der Waals surface area (Å²) < 4.78 is 15.9. The molecule has 0 spiro atoms. The van der Waals surface area contributed by atoms with Gasteiger partial charge < -0.3 is 19.5 Å². The van der Waals surface area contributed by atoms with Gasteiger partial charge in [0, 0.05) is 19.8 Å². The van der Waals surface area contributed by atoms with Crippen molar-refractivity contribution in [3.8, 4) is 0 Å². The first kappa shape index (κ1) is 18.1. The van der Waals surface area contributed by atoms with Crippen molar-refractivity contribution in [2.24, 2.45) is 0 Å². The summed E-state index contributed by atoms with van der Waals surface area (Å²) in [7, 11) is 0. The molecule has 0 aromatic heterocycles. The summed E-state index contributed by atoms with van der Waals surface area (Å²) in [6.45, 7) is 10.0. The molecule has 5 heteroatoms. The van der Waals surface area contributed by atoms with Gasteiger partial charge in [-0.15, -0.1) is 0 Å². The maximum Gasteiger partial charge on any atom is 0.243 e. The van der Waals surface area contributed by atoms with Crippen molar-refractivity contribution in [1.29, 1.82) is 0 Å². The van der Waals surface area contributed by atoms with E-state index in [1.54, 1.807) is 0 Å². The maximum atomic E-state index is 10.8. The molecule has 0 saturated heterocycles. The van der Waals surface area contributed by atoms with Crippen LogP contribution in [0.15, 0.2) is 12.7 Å². The summed E-state index contributed by atoms with van der Waals surface area (Å²) in [5, 5.41) is 2.74. The van der Waals surface area contributed by atoms with Gasteiger partial charge in [-0.1, -0.05) is 6.58 Å². The summed E-state index contributed by atoms with van der Waals surface area (Å²) >= 11 is 0. The van der Waals surface area contributed by atoms with Crippen LogP contribution in [0.1, 0.15) is 26.2 Å². The molecule has 0 aliphatic carbocycles. The minimum atomic E-state index is -0.111. The quantitative estimate of drug-likeness (QED) is 0.385. The average Bonchev–Trinajstić information content (AvgIpc) is 2.43. The first-order valence-electron chi connectivity index (χ1n) is 6.94. The third-order valence-electron chi connectivity index (χ3n) is 2.40. The predicted octanol–water partition coefficient (Wildman–Crippen LogP) is 1.53. The third kappa shape index (κ3) is 15.0. The van der Waals surface area contributed by atoms with Crippen molar-refractivity contribution in [1.82, 2.24) is 5.32 Å². The molecular formula is C14H27NO4. The Morgan fingerprint density at radius 1 is 1.00 bits per heavy atom. The van der Waals surface area contributed by atoms with E-state index in [2.05, 4.69) is 11.9 Å². The molecule has 0 aromatic carbocycles. The highest BCUT2D eigenvalue weighted by Crippen LogP contribution is 1.95. The number of carbonyl (C=O) groups is 1. The van der Waals surface area contributed by atoms with Crippen LogP contribution in [0.25, 0.3) is 0 Å². The van der Waals surface area contributed by atoms with Gasteiger partial charge in [0.05, 0.1) is 26.4 Å². The Morgan fingerprint density at radius 3 is 2.26 bits per heavy atom. The molecule has 0 atom stereocenters. The van der Waals surface area contributed by atoms with E-state index in [-0.39, 0.29) is 5.91 Å². The molecule has 0 rings (SSSR count). The molecule has 1 N–H and O–H groups in total. The maximum absolute atomic E-state index is 10.8. The van der Waals surface area contributed by atoms with Gasteiger partial charge in [-0.3, -0.25) is 4.79 Å². The van der Waals surface area contributed by atoms with E-state index in [0.29, 0.717) is 33.0 Å². The first-order chi connectivity index (χ1) is 9.31. The van der Waals surface area contributed by atoms with Gasteiger partial charge in [0.25, 0.3) is 0 Å². The zero-order chi connectivity index (χ0) is 14.2. The summed E-state index contributed by atoms with van der Waals surface area (Å²) in [5.74, 6) is -0.111. The zero-order valence-corrected chi connectivity index (χ0v) is 12.0. The normalized spacial score (nSPS) is 10.4. The van der Waals surface area contributed by atoms with E-state index >= 15 is 0 Å². The third-order valence-corrected chi connectivity index (χ3v) is 2.40. The molecule has 5 nitrogen and oxygen atoms in total. The van der Waals surface area contributed by atoms with Crippen molar-refractivity contribution in [3.05, 3.63) is 12.7 Å².